The van der Waals surface area contributed by atoms with Crippen LogP contribution in [0.3, 0.4) is 0 Å². The Bertz CT molecular complexity index is 333. The van der Waals surface area contributed by atoms with E-state index < -0.39 is 0 Å². The first kappa shape index (κ1) is 11.3. The van der Waals surface area contributed by atoms with Crippen LogP contribution in [-0.4, -0.2) is 11.6 Å². The highest BCUT2D eigenvalue weighted by Gasteiger charge is 2.58. The second-order valence-electron chi connectivity index (χ2n) is 6.31. The summed E-state index contributed by atoms with van der Waals surface area (Å²) in [6.45, 7) is 5.78. The number of rotatable bonds is 3. The number of carbonyl (C=O) groups is 1. The van der Waals surface area contributed by atoms with Crippen LogP contribution >= 0.6 is 0 Å². The van der Waals surface area contributed by atoms with Crippen LogP contribution in [0.2, 0.25) is 0 Å². The van der Waals surface area contributed by atoms with Gasteiger partial charge in [-0.05, 0) is 56.3 Å². The van der Waals surface area contributed by atoms with Crippen LogP contribution < -0.4 is 0 Å². The molecule has 0 aromatic rings. The van der Waals surface area contributed by atoms with E-state index in [4.69, 9.17) is 4.74 Å². The van der Waals surface area contributed by atoms with Gasteiger partial charge in [-0.1, -0.05) is 13.5 Å². The van der Waals surface area contributed by atoms with Gasteiger partial charge >= 0.3 is 5.97 Å². The van der Waals surface area contributed by atoms with E-state index in [1.807, 2.05) is 0 Å². The highest BCUT2D eigenvalue weighted by Crippen LogP contribution is 2.60. The summed E-state index contributed by atoms with van der Waals surface area (Å²) in [4.78, 5) is 11.6. The second kappa shape index (κ2) is 3.86. The smallest absolute Gasteiger partial charge is 0.330 e. The van der Waals surface area contributed by atoms with Crippen molar-refractivity contribution in [1.29, 1.82) is 0 Å². The molecule has 0 radical (unpaired) electrons. The van der Waals surface area contributed by atoms with Crippen LogP contribution in [0.5, 0.6) is 0 Å². The largest absolute Gasteiger partial charge is 0.456 e. The fourth-order valence-corrected chi connectivity index (χ4v) is 5.18. The van der Waals surface area contributed by atoms with Gasteiger partial charge in [0.15, 0.2) is 0 Å². The van der Waals surface area contributed by atoms with Crippen LogP contribution in [0.25, 0.3) is 0 Å². The number of carbonyl (C=O) groups excluding carboxylic acids is 1. The minimum absolute atomic E-state index is 0.130. The summed E-state index contributed by atoms with van der Waals surface area (Å²) in [5.74, 6) is 2.81. The Labute approximate surface area is 103 Å². The zero-order valence-electron chi connectivity index (χ0n) is 10.7. The molecule has 17 heavy (non-hydrogen) atoms. The Morgan fingerprint density at radius 2 is 2.00 bits per heavy atom. The SMILES string of the molecule is C=CC(=O)OC12C[C@@H]3CC(C[C@@H](C3)C1)C2CC. The average Bonchev–Trinajstić information content (AvgIpc) is 2.27. The van der Waals surface area contributed by atoms with Gasteiger partial charge in [0.2, 0.25) is 0 Å². The first-order valence-corrected chi connectivity index (χ1v) is 7.02. The van der Waals surface area contributed by atoms with Gasteiger partial charge in [-0.3, -0.25) is 0 Å². The second-order valence-corrected chi connectivity index (χ2v) is 6.31. The molecule has 2 heteroatoms. The van der Waals surface area contributed by atoms with Crippen molar-refractivity contribution in [2.45, 2.75) is 51.0 Å². The van der Waals surface area contributed by atoms with E-state index in [0.29, 0.717) is 5.92 Å². The van der Waals surface area contributed by atoms with Crippen LogP contribution in [0, 0.1) is 23.7 Å². The maximum Gasteiger partial charge on any atom is 0.330 e. The molecule has 5 atom stereocenters. The molecular weight excluding hydrogens is 212 g/mol. The summed E-state index contributed by atoms with van der Waals surface area (Å²) in [5.41, 5.74) is -0.130. The maximum atomic E-state index is 11.6. The lowest BCUT2D eigenvalue weighted by Gasteiger charge is -2.60. The third-order valence-electron chi connectivity index (χ3n) is 5.36. The van der Waals surface area contributed by atoms with Crippen molar-refractivity contribution in [3.05, 3.63) is 12.7 Å². The summed E-state index contributed by atoms with van der Waals surface area (Å²) in [6.07, 6.45) is 8.82. The molecule has 0 heterocycles. The van der Waals surface area contributed by atoms with Crippen molar-refractivity contribution in [2.24, 2.45) is 23.7 Å². The van der Waals surface area contributed by atoms with Crippen LogP contribution in [0.15, 0.2) is 12.7 Å². The Kier molecular flexibility index (Phi) is 2.57. The molecule has 0 saturated heterocycles. The third kappa shape index (κ3) is 1.64. The van der Waals surface area contributed by atoms with Crippen molar-refractivity contribution >= 4 is 5.97 Å². The lowest BCUT2D eigenvalue weighted by atomic mass is 9.49. The minimum atomic E-state index is -0.217. The number of esters is 1. The Balaban J connectivity index is 1.89. The maximum absolute atomic E-state index is 11.6. The fourth-order valence-electron chi connectivity index (χ4n) is 5.18. The van der Waals surface area contributed by atoms with Gasteiger partial charge in [-0.15, -0.1) is 0 Å². The Hall–Kier alpha value is -0.790. The summed E-state index contributed by atoms with van der Waals surface area (Å²) in [5, 5.41) is 0. The van der Waals surface area contributed by atoms with Gasteiger partial charge in [0.25, 0.3) is 0 Å². The van der Waals surface area contributed by atoms with E-state index in [1.54, 1.807) is 0 Å². The van der Waals surface area contributed by atoms with Crippen molar-refractivity contribution in [2.75, 3.05) is 0 Å². The van der Waals surface area contributed by atoms with Gasteiger partial charge in [0.05, 0.1) is 0 Å². The summed E-state index contributed by atoms with van der Waals surface area (Å²) < 4.78 is 5.85. The molecule has 3 unspecified atom stereocenters. The van der Waals surface area contributed by atoms with E-state index in [-0.39, 0.29) is 11.6 Å². The zero-order valence-corrected chi connectivity index (χ0v) is 10.7. The molecule has 2 nitrogen and oxygen atoms in total. The van der Waals surface area contributed by atoms with Gasteiger partial charge in [0, 0.05) is 12.0 Å². The topological polar surface area (TPSA) is 26.3 Å². The Morgan fingerprint density at radius 3 is 2.53 bits per heavy atom. The molecule has 0 aliphatic heterocycles. The van der Waals surface area contributed by atoms with Gasteiger partial charge < -0.3 is 4.74 Å². The molecule has 0 aromatic heterocycles. The molecule has 0 aromatic carbocycles. The average molecular weight is 234 g/mol. The molecule has 0 amide bonds. The minimum Gasteiger partial charge on any atom is -0.456 e. The summed E-state index contributed by atoms with van der Waals surface area (Å²) in [7, 11) is 0. The van der Waals surface area contributed by atoms with Crippen molar-refractivity contribution < 1.29 is 9.53 Å². The molecule has 4 aliphatic rings. The fraction of sp³-hybridized carbons (Fsp3) is 0.800. The van der Waals surface area contributed by atoms with E-state index in [9.17, 15) is 4.79 Å². The van der Waals surface area contributed by atoms with Gasteiger partial charge in [-0.25, -0.2) is 4.79 Å². The lowest BCUT2D eigenvalue weighted by Crippen LogP contribution is -2.58. The van der Waals surface area contributed by atoms with Crippen molar-refractivity contribution in [3.8, 4) is 0 Å². The van der Waals surface area contributed by atoms with Crippen LogP contribution in [0.4, 0.5) is 0 Å². The molecule has 4 saturated carbocycles. The molecule has 0 N–H and O–H groups in total. The summed E-state index contributed by atoms with van der Waals surface area (Å²) in [6, 6.07) is 0. The predicted octanol–water partition coefficient (Wildman–Crippen LogP) is 3.32. The van der Waals surface area contributed by atoms with Gasteiger partial charge in [-0.2, -0.15) is 0 Å². The van der Waals surface area contributed by atoms with Gasteiger partial charge in [0.1, 0.15) is 5.60 Å². The highest BCUT2D eigenvalue weighted by molar-refractivity contribution is 5.81. The molecule has 4 fully saturated rings. The molecular formula is C15H22O2. The van der Waals surface area contributed by atoms with E-state index in [1.165, 1.54) is 25.3 Å². The van der Waals surface area contributed by atoms with Crippen molar-refractivity contribution in [3.63, 3.8) is 0 Å². The number of hydrogen-bond acceptors (Lipinski definition) is 2. The van der Waals surface area contributed by atoms with E-state index in [2.05, 4.69) is 13.5 Å². The standard InChI is InChI=1S/C15H22O2/c1-3-13-12-6-10-5-11(7-12)9-15(13,8-10)17-14(16)4-2/h4,10-13H,2-3,5-9H2,1H3/t10-,11+,12?,13?,15?. The Morgan fingerprint density at radius 1 is 1.35 bits per heavy atom. The molecule has 94 valence electrons. The predicted molar refractivity (Wildman–Crippen MR) is 66.4 cm³/mol. The normalized spacial score (nSPS) is 46.9. The van der Waals surface area contributed by atoms with Crippen molar-refractivity contribution in [1.82, 2.24) is 0 Å². The number of hydrogen-bond donors (Lipinski definition) is 0. The molecule has 0 spiro atoms. The zero-order chi connectivity index (χ0) is 12.0. The first-order valence-electron chi connectivity index (χ1n) is 7.02. The highest BCUT2D eigenvalue weighted by atomic mass is 16.6. The quantitative estimate of drug-likeness (QED) is 0.553. The summed E-state index contributed by atoms with van der Waals surface area (Å²) >= 11 is 0. The first-order chi connectivity index (χ1) is 8.16. The van der Waals surface area contributed by atoms with E-state index in [0.717, 1.165) is 37.0 Å². The molecule has 4 bridgehead atoms. The van der Waals surface area contributed by atoms with Crippen LogP contribution in [-0.2, 0) is 9.53 Å². The lowest BCUT2D eigenvalue weighted by molar-refractivity contribution is -0.204. The molecule has 4 rings (SSSR count). The monoisotopic (exact) mass is 234 g/mol. The third-order valence-corrected chi connectivity index (χ3v) is 5.36. The number of ether oxygens (including phenoxy) is 1. The molecule has 4 aliphatic carbocycles. The van der Waals surface area contributed by atoms with Crippen LogP contribution in [0.1, 0.15) is 45.4 Å². The van der Waals surface area contributed by atoms with E-state index >= 15 is 0 Å².